The van der Waals surface area contributed by atoms with Crippen LogP contribution in [0.2, 0.25) is 0 Å². The van der Waals surface area contributed by atoms with Gasteiger partial charge in [-0.05, 0) is 39.0 Å². The lowest BCUT2D eigenvalue weighted by Crippen LogP contribution is -2.34. The number of rotatable bonds is 14. The van der Waals surface area contributed by atoms with Crippen LogP contribution in [0.25, 0.3) is 0 Å². The number of allylic oxidation sites excluding steroid dienone is 2. The first-order valence-corrected chi connectivity index (χ1v) is 8.84. The third-order valence-electron chi connectivity index (χ3n) is 3.92. The molecule has 3 heteroatoms. The molecule has 0 fully saturated rings. The third kappa shape index (κ3) is 14.3. The molecule has 0 bridgehead atoms. The zero-order valence-corrected chi connectivity index (χ0v) is 14.1. The van der Waals surface area contributed by atoms with E-state index >= 15 is 0 Å². The van der Waals surface area contributed by atoms with E-state index in [1.54, 1.807) is 6.92 Å². The smallest absolute Gasteiger partial charge is 0.0712 e. The van der Waals surface area contributed by atoms with Crippen molar-refractivity contribution in [2.75, 3.05) is 0 Å². The summed E-state index contributed by atoms with van der Waals surface area (Å²) in [7, 11) is 0. The molecule has 0 aliphatic carbocycles. The number of hydrogen-bond acceptors (Lipinski definition) is 3. The van der Waals surface area contributed by atoms with Crippen LogP contribution in [0.3, 0.4) is 0 Å². The van der Waals surface area contributed by atoms with Gasteiger partial charge in [-0.1, -0.05) is 51.2 Å². The van der Waals surface area contributed by atoms with E-state index in [-0.39, 0.29) is 6.04 Å². The molecule has 0 heterocycles. The second-order valence-corrected chi connectivity index (χ2v) is 6.27. The number of aliphatic hydroxyl groups is 2. The minimum atomic E-state index is -0.587. The number of unbranched alkanes of at least 4 members (excludes halogenated alkanes) is 7. The van der Waals surface area contributed by atoms with Gasteiger partial charge >= 0.3 is 0 Å². The van der Waals surface area contributed by atoms with Gasteiger partial charge in [0, 0.05) is 12.5 Å². The third-order valence-corrected chi connectivity index (χ3v) is 3.92. The number of hydrogen-bond donors (Lipinski definition) is 3. The minimum absolute atomic E-state index is 0.262. The zero-order chi connectivity index (χ0) is 15.9. The molecule has 0 spiro atoms. The van der Waals surface area contributed by atoms with Crippen molar-refractivity contribution in [3.63, 3.8) is 0 Å². The Morgan fingerprint density at radius 1 is 0.905 bits per heavy atom. The first-order chi connectivity index (χ1) is 10.1. The van der Waals surface area contributed by atoms with E-state index < -0.39 is 12.2 Å². The lowest BCUT2D eigenvalue weighted by molar-refractivity contribution is 0.0630. The maximum atomic E-state index is 9.78. The van der Waals surface area contributed by atoms with Gasteiger partial charge in [0.2, 0.25) is 0 Å². The molecule has 0 aliphatic heterocycles. The molecule has 0 aromatic carbocycles. The van der Waals surface area contributed by atoms with Crippen LogP contribution in [-0.2, 0) is 0 Å². The fourth-order valence-electron chi connectivity index (χ4n) is 2.35. The number of aliphatic hydroxyl groups excluding tert-OH is 2. The van der Waals surface area contributed by atoms with Crippen molar-refractivity contribution < 1.29 is 10.2 Å². The molecular formula is C18H37NO2. The van der Waals surface area contributed by atoms with Crippen LogP contribution in [0.5, 0.6) is 0 Å². The van der Waals surface area contributed by atoms with Crippen LogP contribution >= 0.6 is 0 Å². The molecule has 3 nitrogen and oxygen atoms in total. The summed E-state index contributed by atoms with van der Waals surface area (Å²) in [4.78, 5) is 0. The van der Waals surface area contributed by atoms with E-state index in [4.69, 9.17) is 5.73 Å². The van der Waals surface area contributed by atoms with Crippen LogP contribution in [0, 0.1) is 0 Å². The van der Waals surface area contributed by atoms with E-state index in [0.29, 0.717) is 6.42 Å². The van der Waals surface area contributed by atoms with E-state index in [1.165, 1.54) is 38.5 Å². The summed E-state index contributed by atoms with van der Waals surface area (Å²) in [5.41, 5.74) is 5.58. The highest BCUT2D eigenvalue weighted by Crippen LogP contribution is 2.11. The lowest BCUT2D eigenvalue weighted by Gasteiger charge is -2.18. The largest absolute Gasteiger partial charge is 0.393 e. The van der Waals surface area contributed by atoms with Gasteiger partial charge in [0.05, 0.1) is 12.2 Å². The SMILES string of the molecule is CCCCCCC=CCCCCC[C@H](O)C[C@H](O)[C@H](C)N. The van der Waals surface area contributed by atoms with Crippen LogP contribution in [-0.4, -0.2) is 28.5 Å². The molecule has 0 aromatic rings. The predicted molar refractivity (Wildman–Crippen MR) is 91.3 cm³/mol. The van der Waals surface area contributed by atoms with Gasteiger partial charge in [0.1, 0.15) is 0 Å². The van der Waals surface area contributed by atoms with Crippen molar-refractivity contribution in [3.8, 4) is 0 Å². The number of nitrogens with two attached hydrogens (primary N) is 1. The Morgan fingerprint density at radius 2 is 1.48 bits per heavy atom. The van der Waals surface area contributed by atoms with Crippen LogP contribution in [0.1, 0.15) is 84.5 Å². The maximum absolute atomic E-state index is 9.78. The molecule has 4 N–H and O–H groups in total. The minimum Gasteiger partial charge on any atom is -0.393 e. The van der Waals surface area contributed by atoms with Gasteiger partial charge in [-0.2, -0.15) is 0 Å². The fourth-order valence-corrected chi connectivity index (χ4v) is 2.35. The van der Waals surface area contributed by atoms with Crippen LogP contribution in [0.4, 0.5) is 0 Å². The Kier molecular flexibility index (Phi) is 14.3. The van der Waals surface area contributed by atoms with E-state index in [9.17, 15) is 10.2 Å². The van der Waals surface area contributed by atoms with Crippen molar-refractivity contribution in [2.45, 2.75) is 103 Å². The van der Waals surface area contributed by atoms with Crippen molar-refractivity contribution in [2.24, 2.45) is 5.73 Å². The van der Waals surface area contributed by atoms with Gasteiger partial charge in [-0.15, -0.1) is 0 Å². The Bertz CT molecular complexity index is 241. The molecule has 0 aliphatic rings. The average molecular weight is 299 g/mol. The molecule has 0 rings (SSSR count). The maximum Gasteiger partial charge on any atom is 0.0712 e. The summed E-state index contributed by atoms with van der Waals surface area (Å²) in [5.74, 6) is 0. The van der Waals surface area contributed by atoms with E-state index in [0.717, 1.165) is 25.7 Å². The molecule has 126 valence electrons. The van der Waals surface area contributed by atoms with E-state index in [1.807, 2.05) is 0 Å². The van der Waals surface area contributed by atoms with Gasteiger partial charge in [0.15, 0.2) is 0 Å². The first-order valence-electron chi connectivity index (χ1n) is 8.84. The highest BCUT2D eigenvalue weighted by molar-refractivity contribution is 4.81. The Balaban J connectivity index is 3.33. The van der Waals surface area contributed by atoms with Gasteiger partial charge in [-0.25, -0.2) is 0 Å². The second-order valence-electron chi connectivity index (χ2n) is 6.27. The summed E-state index contributed by atoms with van der Waals surface area (Å²) >= 11 is 0. The second kappa shape index (κ2) is 14.6. The van der Waals surface area contributed by atoms with Crippen molar-refractivity contribution in [1.82, 2.24) is 0 Å². The molecule has 0 aromatic heterocycles. The molecule has 0 radical (unpaired) electrons. The molecule has 0 saturated carbocycles. The van der Waals surface area contributed by atoms with Gasteiger partial charge in [-0.3, -0.25) is 0 Å². The fraction of sp³-hybridized carbons (Fsp3) is 0.889. The van der Waals surface area contributed by atoms with Crippen molar-refractivity contribution in [1.29, 1.82) is 0 Å². The molecule has 21 heavy (non-hydrogen) atoms. The summed E-state index contributed by atoms with van der Waals surface area (Å²) in [6, 6.07) is -0.262. The summed E-state index contributed by atoms with van der Waals surface area (Å²) in [6.07, 6.45) is 15.8. The molecule has 0 amide bonds. The van der Waals surface area contributed by atoms with Crippen LogP contribution in [0.15, 0.2) is 12.2 Å². The quantitative estimate of drug-likeness (QED) is 0.336. The topological polar surface area (TPSA) is 66.5 Å². The van der Waals surface area contributed by atoms with Crippen LogP contribution < -0.4 is 5.73 Å². The van der Waals surface area contributed by atoms with Gasteiger partial charge < -0.3 is 15.9 Å². The monoisotopic (exact) mass is 299 g/mol. The van der Waals surface area contributed by atoms with Crippen molar-refractivity contribution in [3.05, 3.63) is 12.2 Å². The molecular weight excluding hydrogens is 262 g/mol. The summed E-state index contributed by atoms with van der Waals surface area (Å²) < 4.78 is 0. The Morgan fingerprint density at radius 3 is 2.00 bits per heavy atom. The van der Waals surface area contributed by atoms with Crippen molar-refractivity contribution >= 4 is 0 Å². The molecule has 0 unspecified atom stereocenters. The Hall–Kier alpha value is -0.380. The summed E-state index contributed by atoms with van der Waals surface area (Å²) in [6.45, 7) is 4.01. The van der Waals surface area contributed by atoms with E-state index in [2.05, 4.69) is 19.1 Å². The standard InChI is InChI=1S/C18H37NO2/c1-3-4-5-6-7-8-9-10-11-12-13-14-17(20)15-18(21)16(2)19/h8-9,16-18,20-21H,3-7,10-15,19H2,1-2H3/t16-,17-,18-/m0/s1. The Labute approximate surface area is 131 Å². The summed E-state index contributed by atoms with van der Waals surface area (Å²) in [5, 5.41) is 19.4. The first kappa shape index (κ1) is 20.6. The lowest BCUT2D eigenvalue weighted by atomic mass is 10.0. The molecule has 3 atom stereocenters. The zero-order valence-electron chi connectivity index (χ0n) is 14.1. The average Bonchev–Trinajstić information content (AvgIpc) is 2.44. The highest BCUT2D eigenvalue weighted by atomic mass is 16.3. The molecule has 0 saturated heterocycles. The highest BCUT2D eigenvalue weighted by Gasteiger charge is 2.14. The predicted octanol–water partition coefficient (Wildman–Crippen LogP) is 3.92. The normalized spacial score (nSPS) is 16.2. The van der Waals surface area contributed by atoms with Gasteiger partial charge in [0.25, 0.3) is 0 Å².